The number of amides is 1. The van der Waals surface area contributed by atoms with Crippen LogP contribution in [0.1, 0.15) is 24.9 Å². The molecule has 1 N–H and O–H groups in total. The van der Waals surface area contributed by atoms with Crippen molar-refractivity contribution in [2.75, 3.05) is 7.11 Å². The van der Waals surface area contributed by atoms with E-state index in [2.05, 4.69) is 10.1 Å². The first kappa shape index (κ1) is 12.4. The van der Waals surface area contributed by atoms with Crippen LogP contribution in [0.4, 0.5) is 0 Å². The first-order valence-electron chi connectivity index (χ1n) is 5.18. The van der Waals surface area contributed by atoms with Crippen LogP contribution < -0.4 is 5.32 Å². The topological polar surface area (TPSA) is 68.5 Å². The van der Waals surface area contributed by atoms with Crippen molar-refractivity contribution in [2.24, 2.45) is 0 Å². The summed E-state index contributed by atoms with van der Waals surface area (Å²) in [6.45, 7) is 0.390. The monoisotopic (exact) mass is 265 g/mol. The minimum atomic E-state index is -0.436. The van der Waals surface area contributed by atoms with Crippen molar-refractivity contribution in [1.82, 2.24) is 5.32 Å². The number of thiophene rings is 1. The summed E-state index contributed by atoms with van der Waals surface area (Å²) >= 11 is 1.10. The zero-order valence-electron chi connectivity index (χ0n) is 9.64. The van der Waals surface area contributed by atoms with Crippen molar-refractivity contribution in [3.8, 4) is 0 Å². The van der Waals surface area contributed by atoms with Gasteiger partial charge in [0.2, 0.25) is 0 Å². The second-order valence-electron chi connectivity index (χ2n) is 3.47. The lowest BCUT2D eigenvalue weighted by Gasteiger charge is -2.00. The number of methoxy groups -OCH3 is 1. The van der Waals surface area contributed by atoms with Gasteiger partial charge in [0.15, 0.2) is 0 Å². The third-order valence-electron chi connectivity index (χ3n) is 2.25. The van der Waals surface area contributed by atoms with Crippen LogP contribution in [0.2, 0.25) is 0 Å². The van der Waals surface area contributed by atoms with Crippen LogP contribution in [0.3, 0.4) is 0 Å². The van der Waals surface area contributed by atoms with Gasteiger partial charge in [0.25, 0.3) is 5.91 Å². The fraction of sp³-hybridized carbons (Fsp3) is 0.167. The summed E-state index contributed by atoms with van der Waals surface area (Å²) in [4.78, 5) is 23.9. The summed E-state index contributed by atoms with van der Waals surface area (Å²) in [5, 5.41) is 2.73. The highest BCUT2D eigenvalue weighted by molar-refractivity contribution is 7.15. The minimum Gasteiger partial charge on any atom is -0.472 e. The van der Waals surface area contributed by atoms with E-state index in [0.29, 0.717) is 16.3 Å². The first-order chi connectivity index (χ1) is 8.70. The van der Waals surface area contributed by atoms with E-state index < -0.39 is 5.97 Å². The van der Waals surface area contributed by atoms with E-state index in [-0.39, 0.29) is 5.91 Å². The Bertz CT molecular complexity index is 544. The molecule has 0 unspecified atom stereocenters. The summed E-state index contributed by atoms with van der Waals surface area (Å²) in [5.41, 5.74) is 0.882. The smallest absolute Gasteiger partial charge is 0.348 e. The largest absolute Gasteiger partial charge is 0.472 e. The molecule has 2 heterocycles. The molecule has 0 bridgehead atoms. The van der Waals surface area contributed by atoms with Gasteiger partial charge >= 0.3 is 5.97 Å². The molecule has 0 aliphatic rings. The summed E-state index contributed by atoms with van der Waals surface area (Å²) < 4.78 is 9.47. The number of hydrogen-bond acceptors (Lipinski definition) is 5. The Morgan fingerprint density at radius 3 is 2.78 bits per heavy atom. The number of carbonyl (C=O) groups is 2. The van der Waals surface area contributed by atoms with E-state index >= 15 is 0 Å². The van der Waals surface area contributed by atoms with Crippen molar-refractivity contribution in [2.45, 2.75) is 6.54 Å². The average molecular weight is 265 g/mol. The van der Waals surface area contributed by atoms with E-state index in [9.17, 15) is 9.59 Å². The fourth-order valence-electron chi connectivity index (χ4n) is 1.33. The number of nitrogens with one attached hydrogen (secondary N) is 1. The van der Waals surface area contributed by atoms with Crippen LogP contribution in [0.5, 0.6) is 0 Å². The number of rotatable bonds is 4. The Kier molecular flexibility index (Phi) is 3.78. The molecule has 2 aromatic heterocycles. The van der Waals surface area contributed by atoms with Crippen LogP contribution in [0.25, 0.3) is 0 Å². The van der Waals surface area contributed by atoms with E-state index in [1.54, 1.807) is 30.7 Å². The van der Waals surface area contributed by atoms with Crippen LogP contribution >= 0.6 is 11.3 Å². The van der Waals surface area contributed by atoms with Gasteiger partial charge in [-0.2, -0.15) is 0 Å². The van der Waals surface area contributed by atoms with Gasteiger partial charge in [0.05, 0.1) is 24.5 Å². The Hall–Kier alpha value is -2.08. The molecule has 0 aromatic carbocycles. The molecule has 2 aromatic rings. The van der Waals surface area contributed by atoms with E-state index in [4.69, 9.17) is 4.42 Å². The highest BCUT2D eigenvalue weighted by Crippen LogP contribution is 2.17. The van der Waals surface area contributed by atoms with Gasteiger partial charge in [-0.1, -0.05) is 0 Å². The van der Waals surface area contributed by atoms with Gasteiger partial charge in [0.1, 0.15) is 4.88 Å². The van der Waals surface area contributed by atoms with Gasteiger partial charge in [-0.15, -0.1) is 11.3 Å². The minimum absolute atomic E-state index is 0.226. The Morgan fingerprint density at radius 1 is 1.33 bits per heavy atom. The molecule has 94 valence electrons. The molecule has 2 rings (SSSR count). The van der Waals surface area contributed by atoms with Crippen molar-refractivity contribution in [3.63, 3.8) is 0 Å². The number of carbonyl (C=O) groups excluding carboxylic acids is 2. The van der Waals surface area contributed by atoms with Gasteiger partial charge < -0.3 is 14.5 Å². The quantitative estimate of drug-likeness (QED) is 0.859. The lowest BCUT2D eigenvalue weighted by atomic mass is 10.3. The molecule has 5 nitrogen and oxygen atoms in total. The SMILES string of the molecule is COC(=O)c1ccc(C(=O)NCc2ccoc2)s1. The van der Waals surface area contributed by atoms with Gasteiger partial charge in [-0.3, -0.25) is 4.79 Å². The van der Waals surface area contributed by atoms with E-state index in [0.717, 1.165) is 16.9 Å². The molecule has 18 heavy (non-hydrogen) atoms. The predicted octanol–water partition coefficient (Wildman–Crippen LogP) is 2.06. The van der Waals surface area contributed by atoms with Crippen LogP contribution in [-0.4, -0.2) is 19.0 Å². The molecule has 0 saturated heterocycles. The maximum absolute atomic E-state index is 11.8. The standard InChI is InChI=1S/C12H11NO4S/c1-16-12(15)10-3-2-9(18-10)11(14)13-6-8-4-5-17-7-8/h2-5,7H,6H2,1H3,(H,13,14). The molecule has 0 aliphatic carbocycles. The molecular weight excluding hydrogens is 254 g/mol. The summed E-state index contributed by atoms with van der Waals surface area (Å²) in [7, 11) is 1.31. The number of hydrogen-bond donors (Lipinski definition) is 1. The second kappa shape index (κ2) is 5.50. The molecule has 0 radical (unpaired) electrons. The summed E-state index contributed by atoms with van der Waals surface area (Å²) in [5.74, 6) is -0.662. The average Bonchev–Trinajstić information content (AvgIpc) is 3.05. The maximum atomic E-state index is 11.8. The van der Waals surface area contributed by atoms with Crippen molar-refractivity contribution in [3.05, 3.63) is 46.0 Å². The third-order valence-corrected chi connectivity index (χ3v) is 3.31. The number of ether oxygens (including phenoxy) is 1. The van der Waals surface area contributed by atoms with Crippen LogP contribution in [-0.2, 0) is 11.3 Å². The molecule has 6 heteroatoms. The molecule has 1 amide bonds. The van der Waals surface area contributed by atoms with Crippen molar-refractivity contribution < 1.29 is 18.7 Å². The highest BCUT2D eigenvalue weighted by Gasteiger charge is 2.13. The third kappa shape index (κ3) is 2.78. The fourth-order valence-corrected chi connectivity index (χ4v) is 2.17. The Balaban J connectivity index is 1.96. The molecular formula is C12H11NO4S. The van der Waals surface area contributed by atoms with E-state index in [1.807, 2.05) is 0 Å². The van der Waals surface area contributed by atoms with Crippen molar-refractivity contribution >= 4 is 23.2 Å². The Labute approximate surface area is 107 Å². The highest BCUT2D eigenvalue weighted by atomic mass is 32.1. The lowest BCUT2D eigenvalue weighted by molar-refractivity contribution is 0.0606. The zero-order chi connectivity index (χ0) is 13.0. The van der Waals surface area contributed by atoms with E-state index in [1.165, 1.54) is 7.11 Å². The van der Waals surface area contributed by atoms with Crippen LogP contribution in [0.15, 0.2) is 35.1 Å². The summed E-state index contributed by atoms with van der Waals surface area (Å²) in [6, 6.07) is 4.94. The molecule has 0 atom stereocenters. The normalized spacial score (nSPS) is 10.1. The molecule has 0 saturated carbocycles. The second-order valence-corrected chi connectivity index (χ2v) is 4.55. The van der Waals surface area contributed by atoms with Gasteiger partial charge in [-0.25, -0.2) is 4.79 Å². The predicted molar refractivity (Wildman–Crippen MR) is 65.5 cm³/mol. The molecule has 0 aliphatic heterocycles. The number of furan rings is 1. The molecule has 0 fully saturated rings. The van der Waals surface area contributed by atoms with Gasteiger partial charge in [-0.05, 0) is 18.2 Å². The first-order valence-corrected chi connectivity index (χ1v) is 6.00. The molecule has 0 spiro atoms. The lowest BCUT2D eigenvalue weighted by Crippen LogP contribution is -2.21. The Morgan fingerprint density at radius 2 is 2.11 bits per heavy atom. The van der Waals surface area contributed by atoms with Crippen LogP contribution in [0, 0.1) is 0 Å². The number of esters is 1. The summed E-state index contributed by atoms with van der Waals surface area (Å²) in [6.07, 6.45) is 3.11. The van der Waals surface area contributed by atoms with Gasteiger partial charge in [0, 0.05) is 12.1 Å². The zero-order valence-corrected chi connectivity index (χ0v) is 10.5. The van der Waals surface area contributed by atoms with Crippen molar-refractivity contribution in [1.29, 1.82) is 0 Å². The maximum Gasteiger partial charge on any atom is 0.348 e.